The van der Waals surface area contributed by atoms with Crippen LogP contribution in [0.5, 0.6) is 0 Å². The van der Waals surface area contributed by atoms with E-state index in [1.54, 1.807) is 0 Å². The molecule has 3 rings (SSSR count). The Morgan fingerprint density at radius 3 is 2.76 bits per heavy atom. The maximum Gasteiger partial charge on any atom is 0.0725 e. The summed E-state index contributed by atoms with van der Waals surface area (Å²) in [4.78, 5) is 0. The Hall–Kier alpha value is -1.16. The molecule has 1 aliphatic heterocycles. The number of ether oxygens (including phenoxy) is 1. The minimum absolute atomic E-state index is 0.221. The molecule has 0 saturated carbocycles. The molecule has 1 N–H and O–H groups in total. The van der Waals surface area contributed by atoms with E-state index in [1.165, 1.54) is 27.8 Å². The maximum absolute atomic E-state index is 5.53. The second kappa shape index (κ2) is 6.30. The summed E-state index contributed by atoms with van der Waals surface area (Å²) in [6, 6.07) is 13.4. The predicted octanol–water partition coefficient (Wildman–Crippen LogP) is 4.49. The quantitative estimate of drug-likeness (QED) is 0.881. The third-order valence-corrected chi connectivity index (χ3v) is 4.53. The van der Waals surface area contributed by atoms with E-state index in [0.29, 0.717) is 0 Å². The first kappa shape index (κ1) is 14.8. The van der Waals surface area contributed by atoms with Gasteiger partial charge in [0.15, 0.2) is 0 Å². The van der Waals surface area contributed by atoms with Crippen LogP contribution in [0.4, 0.5) is 0 Å². The van der Waals surface area contributed by atoms with Gasteiger partial charge >= 0.3 is 0 Å². The van der Waals surface area contributed by atoms with Crippen LogP contribution in [0.15, 0.2) is 40.9 Å². The maximum atomic E-state index is 5.53. The molecule has 2 aromatic rings. The monoisotopic (exact) mass is 345 g/mol. The molecular weight excluding hydrogens is 326 g/mol. The van der Waals surface area contributed by atoms with Crippen LogP contribution in [-0.4, -0.2) is 6.54 Å². The van der Waals surface area contributed by atoms with Gasteiger partial charge in [-0.05, 0) is 53.4 Å². The third kappa shape index (κ3) is 3.05. The molecule has 1 aliphatic rings. The van der Waals surface area contributed by atoms with Crippen LogP contribution >= 0.6 is 15.9 Å². The molecule has 2 nitrogen and oxygen atoms in total. The zero-order valence-corrected chi connectivity index (χ0v) is 14.0. The van der Waals surface area contributed by atoms with Crippen molar-refractivity contribution in [2.75, 3.05) is 6.54 Å². The Bertz CT molecular complexity index is 654. The van der Waals surface area contributed by atoms with Gasteiger partial charge in [-0.1, -0.05) is 47.1 Å². The van der Waals surface area contributed by atoms with Gasteiger partial charge in [0.05, 0.1) is 19.3 Å². The van der Waals surface area contributed by atoms with E-state index < -0.39 is 0 Å². The molecule has 1 atom stereocenters. The topological polar surface area (TPSA) is 21.3 Å². The number of aryl methyl sites for hydroxylation is 1. The fourth-order valence-electron chi connectivity index (χ4n) is 2.91. The van der Waals surface area contributed by atoms with Crippen molar-refractivity contribution < 1.29 is 4.74 Å². The first-order valence-corrected chi connectivity index (χ1v) is 8.17. The van der Waals surface area contributed by atoms with Crippen molar-refractivity contribution in [1.29, 1.82) is 0 Å². The average molecular weight is 346 g/mol. The molecule has 0 spiro atoms. The van der Waals surface area contributed by atoms with Gasteiger partial charge in [-0.3, -0.25) is 0 Å². The fourth-order valence-corrected chi connectivity index (χ4v) is 3.28. The second-order valence-electron chi connectivity index (χ2n) is 5.51. The van der Waals surface area contributed by atoms with Crippen molar-refractivity contribution in [3.8, 4) is 0 Å². The molecule has 0 saturated heterocycles. The highest BCUT2D eigenvalue weighted by molar-refractivity contribution is 9.10. The van der Waals surface area contributed by atoms with Crippen LogP contribution in [-0.2, 0) is 18.0 Å². The summed E-state index contributed by atoms with van der Waals surface area (Å²) in [7, 11) is 0. The summed E-state index contributed by atoms with van der Waals surface area (Å²) in [6.45, 7) is 6.74. The Morgan fingerprint density at radius 1 is 1.14 bits per heavy atom. The van der Waals surface area contributed by atoms with Gasteiger partial charge in [0.25, 0.3) is 0 Å². The highest BCUT2D eigenvalue weighted by Gasteiger charge is 2.19. The highest BCUT2D eigenvalue weighted by atomic mass is 79.9. The molecule has 21 heavy (non-hydrogen) atoms. The van der Waals surface area contributed by atoms with E-state index >= 15 is 0 Å². The van der Waals surface area contributed by atoms with Gasteiger partial charge < -0.3 is 10.1 Å². The Labute approximate surface area is 134 Å². The van der Waals surface area contributed by atoms with E-state index in [4.69, 9.17) is 4.74 Å². The highest BCUT2D eigenvalue weighted by Crippen LogP contribution is 2.30. The Kier molecular flexibility index (Phi) is 4.43. The van der Waals surface area contributed by atoms with Crippen LogP contribution in [0.2, 0.25) is 0 Å². The molecule has 0 bridgehead atoms. The lowest BCUT2D eigenvalue weighted by Crippen LogP contribution is -2.23. The Balaban J connectivity index is 2.03. The van der Waals surface area contributed by atoms with E-state index in [2.05, 4.69) is 71.5 Å². The van der Waals surface area contributed by atoms with Gasteiger partial charge in [-0.2, -0.15) is 0 Å². The Morgan fingerprint density at radius 2 is 1.95 bits per heavy atom. The molecular formula is C18H20BrNO. The average Bonchev–Trinajstić information content (AvgIpc) is 2.95. The lowest BCUT2D eigenvalue weighted by atomic mass is 9.93. The summed E-state index contributed by atoms with van der Waals surface area (Å²) in [5.41, 5.74) is 6.58. The minimum Gasteiger partial charge on any atom is -0.372 e. The van der Waals surface area contributed by atoms with E-state index in [0.717, 1.165) is 24.2 Å². The van der Waals surface area contributed by atoms with Crippen LogP contribution in [0.25, 0.3) is 0 Å². The predicted molar refractivity (Wildman–Crippen MR) is 89.3 cm³/mol. The minimum atomic E-state index is 0.221. The van der Waals surface area contributed by atoms with E-state index in [1.807, 2.05) is 0 Å². The van der Waals surface area contributed by atoms with Crippen molar-refractivity contribution in [2.24, 2.45) is 0 Å². The number of nitrogens with one attached hydrogen (secondary N) is 1. The normalized spacial score (nSPS) is 15.0. The molecule has 0 radical (unpaired) electrons. The lowest BCUT2D eigenvalue weighted by molar-refractivity contribution is 0.134. The van der Waals surface area contributed by atoms with Gasteiger partial charge in [-0.25, -0.2) is 0 Å². The lowest BCUT2D eigenvalue weighted by Gasteiger charge is -2.22. The van der Waals surface area contributed by atoms with Gasteiger partial charge in [0.2, 0.25) is 0 Å². The summed E-state index contributed by atoms with van der Waals surface area (Å²) in [5, 5.41) is 3.61. The van der Waals surface area contributed by atoms with E-state index in [9.17, 15) is 0 Å². The number of hydrogen-bond acceptors (Lipinski definition) is 2. The molecule has 1 heterocycles. The van der Waals surface area contributed by atoms with Crippen molar-refractivity contribution in [3.63, 3.8) is 0 Å². The number of benzene rings is 2. The standard InChI is InChI=1S/C18H20BrNO/c1-3-20-18(17-9-16(19)7-4-12(17)2)13-5-6-14-10-21-11-15(14)8-13/h4-9,18,20H,3,10-11H2,1-2H3. The van der Waals surface area contributed by atoms with Crippen LogP contribution in [0, 0.1) is 6.92 Å². The summed E-state index contributed by atoms with van der Waals surface area (Å²) >= 11 is 3.59. The van der Waals surface area contributed by atoms with Gasteiger partial charge in [0, 0.05) is 4.47 Å². The molecule has 1 unspecified atom stereocenters. The number of fused-ring (bicyclic) bond motifs is 1. The van der Waals surface area contributed by atoms with Crippen molar-refractivity contribution in [3.05, 3.63) is 68.7 Å². The van der Waals surface area contributed by atoms with Crippen molar-refractivity contribution >= 4 is 15.9 Å². The molecule has 110 valence electrons. The fraction of sp³-hybridized carbons (Fsp3) is 0.333. The molecule has 0 amide bonds. The number of rotatable bonds is 4. The smallest absolute Gasteiger partial charge is 0.0725 e. The molecule has 3 heteroatoms. The first-order chi connectivity index (χ1) is 10.2. The summed E-state index contributed by atoms with van der Waals surface area (Å²) in [5.74, 6) is 0. The SMILES string of the molecule is CCNC(c1ccc2c(c1)COC2)c1cc(Br)ccc1C. The zero-order chi connectivity index (χ0) is 14.8. The van der Waals surface area contributed by atoms with Gasteiger partial charge in [-0.15, -0.1) is 0 Å². The molecule has 0 fully saturated rings. The molecule has 0 aliphatic carbocycles. The van der Waals surface area contributed by atoms with Crippen molar-refractivity contribution in [1.82, 2.24) is 5.32 Å². The van der Waals surface area contributed by atoms with Crippen LogP contribution in [0.3, 0.4) is 0 Å². The number of hydrogen-bond donors (Lipinski definition) is 1. The zero-order valence-electron chi connectivity index (χ0n) is 12.4. The second-order valence-corrected chi connectivity index (χ2v) is 6.43. The van der Waals surface area contributed by atoms with Crippen LogP contribution < -0.4 is 5.32 Å². The van der Waals surface area contributed by atoms with Crippen molar-refractivity contribution in [2.45, 2.75) is 33.1 Å². The summed E-state index contributed by atoms with van der Waals surface area (Å²) in [6.07, 6.45) is 0. The third-order valence-electron chi connectivity index (χ3n) is 4.04. The first-order valence-electron chi connectivity index (χ1n) is 7.38. The largest absolute Gasteiger partial charge is 0.372 e. The molecule has 0 aromatic heterocycles. The number of halogens is 1. The van der Waals surface area contributed by atoms with Gasteiger partial charge in [0.1, 0.15) is 0 Å². The van der Waals surface area contributed by atoms with E-state index in [-0.39, 0.29) is 6.04 Å². The molecule has 2 aromatic carbocycles. The summed E-state index contributed by atoms with van der Waals surface area (Å²) < 4.78 is 6.65. The van der Waals surface area contributed by atoms with Crippen LogP contribution in [0.1, 0.15) is 40.8 Å².